The molecule has 2 aliphatic heterocycles. The molecule has 9 heteroatoms. The Bertz CT molecular complexity index is 770. The molecule has 8 nitrogen and oxygen atoms in total. The second-order valence-corrected chi connectivity index (χ2v) is 9.43. The minimum absolute atomic E-state index is 0.147. The predicted molar refractivity (Wildman–Crippen MR) is 112 cm³/mol. The van der Waals surface area contributed by atoms with Crippen LogP contribution in [0.25, 0.3) is 0 Å². The largest absolute Gasteiger partial charge is 0.496 e. The predicted octanol–water partition coefficient (Wildman–Crippen LogP) is 1.69. The molecule has 1 N–H and O–H groups in total. The van der Waals surface area contributed by atoms with Crippen LogP contribution in [-0.4, -0.2) is 80.9 Å². The molecule has 2 fully saturated rings. The third kappa shape index (κ3) is 5.61. The minimum atomic E-state index is -3.42. The Morgan fingerprint density at radius 1 is 0.966 bits per heavy atom. The van der Waals surface area contributed by atoms with Crippen LogP contribution in [0, 0.1) is 0 Å². The van der Waals surface area contributed by atoms with E-state index >= 15 is 0 Å². The zero-order chi connectivity index (χ0) is 20.7. The molecule has 1 aromatic rings. The van der Waals surface area contributed by atoms with Gasteiger partial charge in [-0.3, -0.25) is 0 Å². The molecule has 2 heterocycles. The van der Waals surface area contributed by atoms with Crippen LogP contribution in [0.2, 0.25) is 0 Å². The number of ether oxygens (including phenoxy) is 1. The average molecular weight is 425 g/mol. The van der Waals surface area contributed by atoms with Crippen molar-refractivity contribution in [2.45, 2.75) is 32.1 Å². The lowest BCUT2D eigenvalue weighted by Crippen LogP contribution is -2.56. The number of hydrogen-bond acceptors (Lipinski definition) is 4. The Balaban J connectivity index is 1.45. The van der Waals surface area contributed by atoms with Crippen molar-refractivity contribution in [1.82, 2.24) is 18.8 Å². The normalized spacial score (nSPS) is 19.6. The molecule has 0 aromatic heterocycles. The molecule has 0 radical (unpaired) electrons. The van der Waals surface area contributed by atoms with E-state index in [4.69, 9.17) is 4.74 Å². The van der Waals surface area contributed by atoms with Gasteiger partial charge in [0.15, 0.2) is 0 Å². The maximum absolute atomic E-state index is 12.9. The molecule has 0 spiro atoms. The Labute approximate surface area is 174 Å². The molecular weight excluding hydrogens is 392 g/mol. The van der Waals surface area contributed by atoms with E-state index in [9.17, 15) is 13.2 Å². The number of carbonyl (C=O) groups excluding carboxylic acids is 1. The van der Waals surface area contributed by atoms with Gasteiger partial charge in [-0.2, -0.15) is 17.0 Å². The molecule has 2 amide bonds. The summed E-state index contributed by atoms with van der Waals surface area (Å²) in [4.78, 5) is 14.1. The molecule has 0 saturated carbocycles. The monoisotopic (exact) mass is 424 g/mol. The number of piperazine rings is 1. The van der Waals surface area contributed by atoms with Crippen LogP contribution < -0.4 is 10.1 Å². The summed E-state index contributed by atoms with van der Waals surface area (Å²) in [5, 5.41) is 2.93. The highest BCUT2D eigenvalue weighted by Crippen LogP contribution is 2.19. The smallest absolute Gasteiger partial charge is 0.317 e. The highest BCUT2D eigenvalue weighted by Gasteiger charge is 2.33. The third-order valence-corrected chi connectivity index (χ3v) is 7.64. The number of rotatable bonds is 6. The number of hydrogen-bond donors (Lipinski definition) is 1. The highest BCUT2D eigenvalue weighted by atomic mass is 32.2. The molecule has 162 valence electrons. The number of nitrogens with one attached hydrogen (secondary N) is 1. The Morgan fingerprint density at radius 2 is 1.59 bits per heavy atom. The number of methoxy groups -OCH3 is 1. The van der Waals surface area contributed by atoms with E-state index in [2.05, 4.69) is 5.32 Å². The van der Waals surface area contributed by atoms with Crippen LogP contribution in [-0.2, 0) is 16.6 Å². The van der Waals surface area contributed by atoms with Crippen LogP contribution in [0.3, 0.4) is 0 Å². The first-order chi connectivity index (χ1) is 14.0. The van der Waals surface area contributed by atoms with Gasteiger partial charge in [-0.15, -0.1) is 0 Å². The molecule has 0 unspecified atom stereocenters. The fourth-order valence-corrected chi connectivity index (χ4v) is 5.55. The summed E-state index contributed by atoms with van der Waals surface area (Å²) in [5.41, 5.74) is 1.05. The van der Waals surface area contributed by atoms with Gasteiger partial charge in [0.1, 0.15) is 5.75 Å². The van der Waals surface area contributed by atoms with E-state index in [0.717, 1.165) is 37.0 Å². The second-order valence-electron chi connectivity index (χ2n) is 7.50. The lowest BCUT2D eigenvalue weighted by molar-refractivity contribution is 0.169. The summed E-state index contributed by atoms with van der Waals surface area (Å²) >= 11 is 0. The van der Waals surface area contributed by atoms with E-state index in [1.807, 2.05) is 24.3 Å². The molecule has 3 rings (SSSR count). The summed E-state index contributed by atoms with van der Waals surface area (Å²) in [6.45, 7) is 3.22. The number of amides is 2. The Morgan fingerprint density at radius 3 is 2.24 bits per heavy atom. The zero-order valence-electron chi connectivity index (χ0n) is 17.2. The van der Waals surface area contributed by atoms with Crippen molar-refractivity contribution in [3.05, 3.63) is 29.8 Å². The molecule has 29 heavy (non-hydrogen) atoms. The minimum Gasteiger partial charge on any atom is -0.496 e. The van der Waals surface area contributed by atoms with Gasteiger partial charge in [-0.05, 0) is 30.9 Å². The first kappa shape index (κ1) is 21.9. The van der Waals surface area contributed by atoms with Crippen molar-refractivity contribution in [2.24, 2.45) is 0 Å². The lowest BCUT2D eigenvalue weighted by Gasteiger charge is -2.36. The van der Waals surface area contributed by atoms with Crippen molar-refractivity contribution in [2.75, 3.05) is 52.9 Å². The van der Waals surface area contributed by atoms with Crippen LogP contribution >= 0.6 is 0 Å². The van der Waals surface area contributed by atoms with Crippen molar-refractivity contribution in [1.29, 1.82) is 0 Å². The summed E-state index contributed by atoms with van der Waals surface area (Å²) in [7, 11) is -1.79. The maximum atomic E-state index is 12.9. The second kappa shape index (κ2) is 10.3. The van der Waals surface area contributed by atoms with E-state index in [-0.39, 0.29) is 6.03 Å². The number of nitrogens with zero attached hydrogens (tertiary/aromatic N) is 3. The van der Waals surface area contributed by atoms with Crippen molar-refractivity contribution >= 4 is 16.2 Å². The molecule has 0 bridgehead atoms. The summed E-state index contributed by atoms with van der Waals surface area (Å²) in [5.74, 6) is 0.814. The number of carbonyl (C=O) groups is 1. The Kier molecular flexibility index (Phi) is 7.74. The van der Waals surface area contributed by atoms with Gasteiger partial charge in [0.25, 0.3) is 10.2 Å². The molecule has 2 saturated heterocycles. The van der Waals surface area contributed by atoms with Gasteiger partial charge in [0.05, 0.1) is 7.11 Å². The van der Waals surface area contributed by atoms with Crippen molar-refractivity contribution in [3.63, 3.8) is 0 Å². The fraction of sp³-hybridized carbons (Fsp3) is 0.650. The molecule has 0 aliphatic carbocycles. The first-order valence-electron chi connectivity index (χ1n) is 10.4. The quantitative estimate of drug-likeness (QED) is 0.753. The molecular formula is C20H32N4O4S. The van der Waals surface area contributed by atoms with Gasteiger partial charge in [0.2, 0.25) is 0 Å². The highest BCUT2D eigenvalue weighted by molar-refractivity contribution is 7.86. The molecule has 0 atom stereocenters. The summed E-state index contributed by atoms with van der Waals surface area (Å²) < 4.78 is 34.2. The van der Waals surface area contributed by atoms with Crippen LogP contribution in [0.1, 0.15) is 31.2 Å². The van der Waals surface area contributed by atoms with E-state index in [1.165, 1.54) is 4.31 Å². The number of urea groups is 1. The van der Waals surface area contributed by atoms with Gasteiger partial charge in [-0.25, -0.2) is 4.79 Å². The lowest BCUT2D eigenvalue weighted by atomic mass is 10.1. The van der Waals surface area contributed by atoms with Crippen LogP contribution in [0.15, 0.2) is 24.3 Å². The van der Waals surface area contributed by atoms with Gasteiger partial charge in [0, 0.05) is 45.8 Å². The van der Waals surface area contributed by atoms with E-state index in [1.54, 1.807) is 16.3 Å². The van der Waals surface area contributed by atoms with Crippen LogP contribution in [0.4, 0.5) is 4.79 Å². The SMILES string of the molecule is COc1ccccc1CCNC(=O)N1CCN(S(=O)(=O)N2CCCCCC2)CC1. The Hall–Kier alpha value is -1.84. The topological polar surface area (TPSA) is 82.2 Å². The maximum Gasteiger partial charge on any atom is 0.317 e. The van der Waals surface area contributed by atoms with Crippen molar-refractivity contribution < 1.29 is 17.9 Å². The molecule has 2 aliphatic rings. The zero-order valence-corrected chi connectivity index (χ0v) is 18.0. The van der Waals surface area contributed by atoms with Gasteiger partial charge >= 0.3 is 6.03 Å². The standard InChI is InChI=1S/C20H32N4O4S/c1-28-19-9-5-4-8-18(19)10-11-21-20(25)22-14-16-24(17-15-22)29(26,27)23-12-6-2-3-7-13-23/h4-5,8-9H,2-3,6-7,10-17H2,1H3,(H,21,25). The van der Waals surface area contributed by atoms with E-state index in [0.29, 0.717) is 52.2 Å². The average Bonchev–Trinajstić information content (AvgIpc) is 3.04. The summed E-state index contributed by atoms with van der Waals surface area (Å²) in [6.07, 6.45) is 4.71. The van der Waals surface area contributed by atoms with Crippen LogP contribution in [0.5, 0.6) is 5.75 Å². The number of para-hydroxylation sites is 1. The van der Waals surface area contributed by atoms with E-state index < -0.39 is 10.2 Å². The van der Waals surface area contributed by atoms with Crippen molar-refractivity contribution in [3.8, 4) is 5.75 Å². The first-order valence-corrected chi connectivity index (χ1v) is 11.8. The third-order valence-electron chi connectivity index (χ3n) is 5.61. The van der Waals surface area contributed by atoms with Gasteiger partial charge in [-0.1, -0.05) is 31.0 Å². The van der Waals surface area contributed by atoms with Gasteiger partial charge < -0.3 is 15.0 Å². The molecule has 1 aromatic carbocycles. The number of benzene rings is 1. The fourth-order valence-electron chi connectivity index (χ4n) is 3.88. The summed E-state index contributed by atoms with van der Waals surface area (Å²) in [6, 6.07) is 7.61.